The van der Waals surface area contributed by atoms with Crippen molar-refractivity contribution in [3.63, 3.8) is 0 Å². The van der Waals surface area contributed by atoms with E-state index in [0.717, 1.165) is 23.0 Å². The van der Waals surface area contributed by atoms with Crippen LogP contribution in [-0.2, 0) is 0 Å². The lowest BCUT2D eigenvalue weighted by Crippen LogP contribution is -2.46. The zero-order chi connectivity index (χ0) is 13.2. The van der Waals surface area contributed by atoms with Gasteiger partial charge in [-0.2, -0.15) is 0 Å². The molecule has 1 amide bonds. The average Bonchev–Trinajstić information content (AvgIpc) is 2.83. The predicted octanol–water partition coefficient (Wildman–Crippen LogP) is 2.81. The van der Waals surface area contributed by atoms with Gasteiger partial charge in [-0.05, 0) is 53.9 Å². The van der Waals surface area contributed by atoms with E-state index in [1.807, 2.05) is 24.3 Å². The predicted molar refractivity (Wildman–Crippen MR) is 79.2 cm³/mol. The van der Waals surface area contributed by atoms with Crippen LogP contribution >= 0.6 is 15.9 Å². The topological polar surface area (TPSA) is 32.3 Å². The van der Waals surface area contributed by atoms with Crippen LogP contribution in [-0.4, -0.2) is 36.0 Å². The summed E-state index contributed by atoms with van der Waals surface area (Å²) in [6, 6.07) is 8.49. The molecule has 19 heavy (non-hydrogen) atoms. The fourth-order valence-electron chi connectivity index (χ4n) is 3.31. The van der Waals surface area contributed by atoms with E-state index in [0.29, 0.717) is 12.1 Å². The molecule has 0 spiro atoms. The summed E-state index contributed by atoms with van der Waals surface area (Å²) in [6.07, 6.45) is 4.91. The van der Waals surface area contributed by atoms with Crippen LogP contribution in [0.25, 0.3) is 0 Å². The number of amides is 1. The van der Waals surface area contributed by atoms with Gasteiger partial charge in [-0.3, -0.25) is 9.69 Å². The molecule has 2 aliphatic rings. The second-order valence-corrected chi connectivity index (χ2v) is 6.30. The Hall–Kier alpha value is -0.870. The highest BCUT2D eigenvalue weighted by atomic mass is 79.9. The van der Waals surface area contributed by atoms with E-state index in [4.69, 9.17) is 0 Å². The number of hydrogen-bond donors (Lipinski definition) is 1. The molecule has 3 nitrogen and oxygen atoms in total. The van der Waals surface area contributed by atoms with E-state index in [2.05, 4.69) is 26.1 Å². The molecule has 0 radical (unpaired) electrons. The summed E-state index contributed by atoms with van der Waals surface area (Å²) in [4.78, 5) is 14.9. The smallest absolute Gasteiger partial charge is 0.252 e. The highest BCUT2D eigenvalue weighted by molar-refractivity contribution is 9.10. The van der Waals surface area contributed by atoms with Crippen molar-refractivity contribution in [3.8, 4) is 0 Å². The molecule has 2 heterocycles. The molecule has 0 aromatic heterocycles. The Morgan fingerprint density at radius 2 is 2.05 bits per heavy atom. The number of halogens is 1. The number of carbonyl (C=O) groups is 1. The van der Waals surface area contributed by atoms with Gasteiger partial charge in [-0.15, -0.1) is 0 Å². The Kier molecular flexibility index (Phi) is 3.89. The van der Waals surface area contributed by atoms with Crippen LogP contribution in [0.5, 0.6) is 0 Å². The lowest BCUT2D eigenvalue weighted by atomic mass is 9.99. The summed E-state index contributed by atoms with van der Waals surface area (Å²) >= 11 is 3.44. The third-order valence-corrected chi connectivity index (χ3v) is 4.98. The van der Waals surface area contributed by atoms with Crippen molar-refractivity contribution >= 4 is 21.8 Å². The maximum Gasteiger partial charge on any atom is 0.252 e. The van der Waals surface area contributed by atoms with Gasteiger partial charge in [0.25, 0.3) is 5.91 Å². The summed E-state index contributed by atoms with van der Waals surface area (Å²) in [5.74, 6) is 0.0462. The minimum atomic E-state index is 0.0462. The van der Waals surface area contributed by atoms with Crippen LogP contribution in [0.1, 0.15) is 36.0 Å². The minimum absolute atomic E-state index is 0.0462. The molecule has 1 aromatic rings. The minimum Gasteiger partial charge on any atom is -0.348 e. The third kappa shape index (κ3) is 2.70. The standard InChI is InChI=1S/C15H19BrN2O/c16-12-6-2-1-5-11(12)15(19)17-13-8-10-18-9-4-3-7-14(13)18/h1-2,5-6,13-14H,3-4,7-10H2,(H,17,19)/t13-,14-/m0/s1. The molecule has 3 rings (SSSR count). The zero-order valence-electron chi connectivity index (χ0n) is 10.9. The van der Waals surface area contributed by atoms with Gasteiger partial charge in [0.05, 0.1) is 5.56 Å². The molecule has 2 fully saturated rings. The van der Waals surface area contributed by atoms with Gasteiger partial charge in [0, 0.05) is 23.1 Å². The Bertz CT molecular complexity index is 477. The summed E-state index contributed by atoms with van der Waals surface area (Å²) in [5.41, 5.74) is 0.733. The van der Waals surface area contributed by atoms with Crippen molar-refractivity contribution in [2.75, 3.05) is 13.1 Å². The van der Waals surface area contributed by atoms with Crippen LogP contribution < -0.4 is 5.32 Å². The van der Waals surface area contributed by atoms with Crippen LogP contribution in [0.3, 0.4) is 0 Å². The fourth-order valence-corrected chi connectivity index (χ4v) is 3.77. The second kappa shape index (κ2) is 5.63. The van der Waals surface area contributed by atoms with Crippen LogP contribution in [0, 0.1) is 0 Å². The molecule has 0 saturated carbocycles. The van der Waals surface area contributed by atoms with Crippen LogP contribution in [0.2, 0.25) is 0 Å². The second-order valence-electron chi connectivity index (χ2n) is 5.45. The van der Waals surface area contributed by atoms with Gasteiger partial charge in [0.2, 0.25) is 0 Å². The maximum absolute atomic E-state index is 12.3. The molecule has 2 saturated heterocycles. The average molecular weight is 323 g/mol. The SMILES string of the molecule is O=C(N[C@H]1CCN2CCCC[C@@H]12)c1ccccc1Br. The zero-order valence-corrected chi connectivity index (χ0v) is 12.5. The third-order valence-electron chi connectivity index (χ3n) is 4.29. The van der Waals surface area contributed by atoms with Gasteiger partial charge < -0.3 is 5.32 Å². The Labute approximate surface area is 122 Å². The first-order valence-corrected chi connectivity index (χ1v) is 7.84. The Balaban J connectivity index is 1.68. The van der Waals surface area contributed by atoms with Gasteiger partial charge in [-0.1, -0.05) is 18.6 Å². The molecular weight excluding hydrogens is 304 g/mol. The Morgan fingerprint density at radius 3 is 2.89 bits per heavy atom. The van der Waals surface area contributed by atoms with E-state index in [-0.39, 0.29) is 5.91 Å². The fraction of sp³-hybridized carbons (Fsp3) is 0.533. The van der Waals surface area contributed by atoms with Gasteiger partial charge >= 0.3 is 0 Å². The lowest BCUT2D eigenvalue weighted by Gasteiger charge is -2.32. The molecule has 1 aromatic carbocycles. The van der Waals surface area contributed by atoms with Gasteiger partial charge in [-0.25, -0.2) is 0 Å². The summed E-state index contributed by atoms with van der Waals surface area (Å²) in [7, 11) is 0. The van der Waals surface area contributed by atoms with E-state index in [1.165, 1.54) is 25.8 Å². The molecule has 0 bridgehead atoms. The van der Waals surface area contributed by atoms with Crippen LogP contribution in [0.4, 0.5) is 0 Å². The van der Waals surface area contributed by atoms with E-state index in [1.54, 1.807) is 0 Å². The van der Waals surface area contributed by atoms with Crippen molar-refractivity contribution in [1.82, 2.24) is 10.2 Å². The first-order valence-electron chi connectivity index (χ1n) is 7.05. The normalized spacial score (nSPS) is 27.0. The number of carbonyl (C=O) groups excluding carboxylic acids is 1. The van der Waals surface area contributed by atoms with Crippen LogP contribution in [0.15, 0.2) is 28.7 Å². The first kappa shape index (κ1) is 13.1. The van der Waals surface area contributed by atoms with Gasteiger partial charge in [0.1, 0.15) is 0 Å². The number of benzene rings is 1. The van der Waals surface area contributed by atoms with E-state index < -0.39 is 0 Å². The largest absolute Gasteiger partial charge is 0.348 e. The molecule has 2 atom stereocenters. The molecule has 0 aliphatic carbocycles. The van der Waals surface area contributed by atoms with Crippen molar-refractivity contribution in [1.29, 1.82) is 0 Å². The van der Waals surface area contributed by atoms with Crippen molar-refractivity contribution in [2.45, 2.75) is 37.8 Å². The molecule has 102 valence electrons. The van der Waals surface area contributed by atoms with Crippen molar-refractivity contribution in [2.24, 2.45) is 0 Å². The summed E-state index contributed by atoms with van der Waals surface area (Å²) in [6.45, 7) is 2.33. The molecule has 1 N–H and O–H groups in total. The highest BCUT2D eigenvalue weighted by Crippen LogP contribution is 2.27. The number of rotatable bonds is 2. The first-order chi connectivity index (χ1) is 9.25. The molecular formula is C15H19BrN2O. The maximum atomic E-state index is 12.3. The summed E-state index contributed by atoms with van der Waals surface area (Å²) < 4.78 is 0.867. The number of fused-ring (bicyclic) bond motifs is 1. The number of nitrogens with one attached hydrogen (secondary N) is 1. The monoisotopic (exact) mass is 322 g/mol. The highest BCUT2D eigenvalue weighted by Gasteiger charge is 2.36. The van der Waals surface area contributed by atoms with E-state index in [9.17, 15) is 4.79 Å². The number of nitrogens with zero attached hydrogens (tertiary/aromatic N) is 1. The van der Waals surface area contributed by atoms with Gasteiger partial charge in [0.15, 0.2) is 0 Å². The van der Waals surface area contributed by atoms with Crippen molar-refractivity contribution in [3.05, 3.63) is 34.3 Å². The molecule has 2 aliphatic heterocycles. The lowest BCUT2D eigenvalue weighted by molar-refractivity contribution is 0.0914. The van der Waals surface area contributed by atoms with E-state index >= 15 is 0 Å². The van der Waals surface area contributed by atoms with Crippen molar-refractivity contribution < 1.29 is 4.79 Å². The summed E-state index contributed by atoms with van der Waals surface area (Å²) in [5, 5.41) is 3.22. The quantitative estimate of drug-likeness (QED) is 0.908. The Morgan fingerprint density at radius 1 is 1.21 bits per heavy atom. The number of hydrogen-bond acceptors (Lipinski definition) is 2. The number of piperidine rings is 1. The molecule has 0 unspecified atom stereocenters. The molecule has 4 heteroatoms.